The highest BCUT2D eigenvalue weighted by atomic mass is 32.2. The molecule has 0 atom stereocenters. The summed E-state index contributed by atoms with van der Waals surface area (Å²) in [4.78, 5) is 10.4. The third kappa shape index (κ3) is 5.59. The number of ether oxygens (including phenoxy) is 1. The molecule has 0 aliphatic rings. The third-order valence-corrected chi connectivity index (χ3v) is 5.40. The van der Waals surface area contributed by atoms with Gasteiger partial charge < -0.3 is 9.84 Å². The summed E-state index contributed by atoms with van der Waals surface area (Å²) in [5.41, 5.74) is 0.675. The minimum atomic E-state index is -3.22. The van der Waals surface area contributed by atoms with E-state index in [1.54, 1.807) is 45.0 Å². The maximum absolute atomic E-state index is 11.9. The highest BCUT2D eigenvalue weighted by molar-refractivity contribution is 7.92. The van der Waals surface area contributed by atoms with E-state index in [2.05, 4.69) is 0 Å². The number of rotatable bonds is 6. The van der Waals surface area contributed by atoms with Crippen LogP contribution in [0.1, 0.15) is 26.3 Å². The quantitative estimate of drug-likeness (QED) is 0.816. The lowest BCUT2D eigenvalue weighted by molar-refractivity contribution is -0.131. The molecule has 0 amide bonds. The summed E-state index contributed by atoms with van der Waals surface area (Å²) in [7, 11) is -3.22. The molecular formula is C15H20O5S. The summed E-state index contributed by atoms with van der Waals surface area (Å²) in [6.07, 6.45) is 2.48. The summed E-state index contributed by atoms with van der Waals surface area (Å²) >= 11 is 0. The number of carboxylic acid groups (broad SMARTS) is 1. The second kappa shape index (κ2) is 6.76. The minimum Gasteiger partial charge on any atom is -0.493 e. The first kappa shape index (κ1) is 17.2. The van der Waals surface area contributed by atoms with E-state index in [1.165, 1.54) is 6.08 Å². The molecule has 116 valence electrons. The van der Waals surface area contributed by atoms with Crippen LogP contribution in [0.25, 0.3) is 6.08 Å². The molecule has 0 heterocycles. The van der Waals surface area contributed by atoms with Gasteiger partial charge in [0, 0.05) is 6.08 Å². The van der Waals surface area contributed by atoms with E-state index in [4.69, 9.17) is 9.84 Å². The van der Waals surface area contributed by atoms with Gasteiger partial charge in [-0.3, -0.25) is 0 Å². The first-order valence-electron chi connectivity index (χ1n) is 6.48. The predicted molar refractivity (Wildman–Crippen MR) is 82.1 cm³/mol. The molecule has 0 aliphatic heterocycles. The van der Waals surface area contributed by atoms with Crippen LogP contribution in [0.3, 0.4) is 0 Å². The van der Waals surface area contributed by atoms with E-state index in [1.807, 2.05) is 0 Å². The Balaban J connectivity index is 2.65. The Labute approximate surface area is 125 Å². The van der Waals surface area contributed by atoms with Crippen LogP contribution >= 0.6 is 0 Å². The molecule has 0 saturated carbocycles. The smallest absolute Gasteiger partial charge is 0.328 e. The van der Waals surface area contributed by atoms with Crippen molar-refractivity contribution < 1.29 is 23.1 Å². The average molecular weight is 312 g/mol. The zero-order valence-electron chi connectivity index (χ0n) is 12.4. The van der Waals surface area contributed by atoms with Crippen LogP contribution in [0.4, 0.5) is 0 Å². The lowest BCUT2D eigenvalue weighted by Crippen LogP contribution is -2.32. The summed E-state index contributed by atoms with van der Waals surface area (Å²) in [5.74, 6) is -0.588. The Morgan fingerprint density at radius 2 is 2.00 bits per heavy atom. The Kier molecular flexibility index (Phi) is 5.54. The van der Waals surface area contributed by atoms with E-state index in [9.17, 15) is 13.2 Å². The van der Waals surface area contributed by atoms with E-state index >= 15 is 0 Å². The molecule has 6 heteroatoms. The fourth-order valence-electron chi connectivity index (χ4n) is 1.45. The molecule has 0 unspecified atom stereocenters. The van der Waals surface area contributed by atoms with Crippen molar-refractivity contribution in [1.29, 1.82) is 0 Å². The van der Waals surface area contributed by atoms with Crippen LogP contribution in [0.2, 0.25) is 0 Å². The number of carboxylic acids is 1. The van der Waals surface area contributed by atoms with Gasteiger partial charge in [0.25, 0.3) is 0 Å². The fourth-order valence-corrected chi connectivity index (χ4v) is 2.37. The van der Waals surface area contributed by atoms with Crippen LogP contribution in [0.15, 0.2) is 30.3 Å². The second-order valence-electron chi connectivity index (χ2n) is 5.52. The van der Waals surface area contributed by atoms with E-state index < -0.39 is 20.6 Å². The Morgan fingerprint density at radius 3 is 2.57 bits per heavy atom. The predicted octanol–water partition coefficient (Wildman–Crippen LogP) is 2.38. The van der Waals surface area contributed by atoms with Gasteiger partial charge in [-0.2, -0.15) is 0 Å². The Hall–Kier alpha value is -1.82. The summed E-state index contributed by atoms with van der Waals surface area (Å²) in [5, 5.41) is 8.57. The third-order valence-electron chi connectivity index (χ3n) is 2.83. The van der Waals surface area contributed by atoms with Crippen molar-refractivity contribution in [1.82, 2.24) is 0 Å². The first-order chi connectivity index (χ1) is 9.62. The van der Waals surface area contributed by atoms with Gasteiger partial charge in [-0.1, -0.05) is 12.1 Å². The SMILES string of the molecule is CC(C)(C)S(=O)(=O)CCOc1cccc(/C=C/C(=O)O)c1. The molecule has 5 nitrogen and oxygen atoms in total. The highest BCUT2D eigenvalue weighted by Gasteiger charge is 2.28. The Bertz CT molecular complexity index is 624. The van der Waals surface area contributed by atoms with Crippen LogP contribution < -0.4 is 4.74 Å². The van der Waals surface area contributed by atoms with Crippen molar-refractivity contribution in [2.24, 2.45) is 0 Å². The van der Waals surface area contributed by atoms with Crippen LogP contribution in [0, 0.1) is 0 Å². The molecule has 0 fully saturated rings. The van der Waals surface area contributed by atoms with E-state index in [0.29, 0.717) is 11.3 Å². The van der Waals surface area contributed by atoms with Crippen molar-refractivity contribution in [3.8, 4) is 5.75 Å². The average Bonchev–Trinajstić information content (AvgIpc) is 2.35. The molecule has 0 spiro atoms. The standard InChI is InChI=1S/C15H20O5S/c1-15(2,3)21(18,19)10-9-20-13-6-4-5-12(11-13)7-8-14(16)17/h4-8,11H,9-10H2,1-3H3,(H,16,17)/b8-7+. The van der Waals surface area contributed by atoms with Crippen LogP contribution in [-0.4, -0.2) is 36.6 Å². The molecule has 21 heavy (non-hydrogen) atoms. The minimum absolute atomic E-state index is 0.0612. The number of sulfone groups is 1. The highest BCUT2D eigenvalue weighted by Crippen LogP contribution is 2.18. The zero-order valence-corrected chi connectivity index (χ0v) is 13.2. The van der Waals surface area contributed by atoms with Gasteiger partial charge in [0.1, 0.15) is 12.4 Å². The molecule has 1 aromatic carbocycles. The van der Waals surface area contributed by atoms with Gasteiger partial charge in [0.2, 0.25) is 0 Å². The summed E-state index contributed by atoms with van der Waals surface area (Å²) in [6, 6.07) is 6.80. The first-order valence-corrected chi connectivity index (χ1v) is 8.13. The maximum Gasteiger partial charge on any atom is 0.328 e. The van der Waals surface area contributed by atoms with Gasteiger partial charge in [0.05, 0.1) is 10.5 Å². The Morgan fingerprint density at radius 1 is 1.33 bits per heavy atom. The van der Waals surface area contributed by atoms with Gasteiger partial charge >= 0.3 is 5.97 Å². The van der Waals surface area contributed by atoms with Gasteiger partial charge in [0.15, 0.2) is 9.84 Å². The van der Waals surface area contributed by atoms with Crippen LogP contribution in [-0.2, 0) is 14.6 Å². The van der Waals surface area contributed by atoms with Crippen molar-refractivity contribution in [2.45, 2.75) is 25.5 Å². The van der Waals surface area contributed by atoms with Gasteiger partial charge in [-0.15, -0.1) is 0 Å². The molecular weight excluding hydrogens is 292 g/mol. The fraction of sp³-hybridized carbons (Fsp3) is 0.400. The number of hydrogen-bond acceptors (Lipinski definition) is 4. The van der Waals surface area contributed by atoms with Gasteiger partial charge in [-0.25, -0.2) is 13.2 Å². The number of benzene rings is 1. The lowest BCUT2D eigenvalue weighted by Gasteiger charge is -2.19. The monoisotopic (exact) mass is 312 g/mol. The van der Waals surface area contributed by atoms with Crippen molar-refractivity contribution in [3.63, 3.8) is 0 Å². The van der Waals surface area contributed by atoms with Crippen molar-refractivity contribution in [3.05, 3.63) is 35.9 Å². The summed E-state index contributed by atoms with van der Waals surface area (Å²) < 4.78 is 28.5. The molecule has 0 aromatic heterocycles. The molecule has 0 radical (unpaired) electrons. The van der Waals surface area contributed by atoms with E-state index in [0.717, 1.165) is 6.08 Å². The van der Waals surface area contributed by atoms with Gasteiger partial charge in [-0.05, 0) is 44.5 Å². The molecule has 1 N–H and O–H groups in total. The maximum atomic E-state index is 11.9. The van der Waals surface area contributed by atoms with Crippen LogP contribution in [0.5, 0.6) is 5.75 Å². The lowest BCUT2D eigenvalue weighted by atomic mass is 10.2. The van der Waals surface area contributed by atoms with Crippen molar-refractivity contribution >= 4 is 21.9 Å². The topological polar surface area (TPSA) is 80.7 Å². The number of carbonyl (C=O) groups is 1. The normalized spacial score (nSPS) is 12.5. The number of hydrogen-bond donors (Lipinski definition) is 1. The zero-order chi connectivity index (χ0) is 16.1. The molecule has 0 bridgehead atoms. The molecule has 0 aliphatic carbocycles. The summed E-state index contributed by atoms with van der Waals surface area (Å²) in [6.45, 7) is 5.02. The molecule has 0 saturated heterocycles. The largest absolute Gasteiger partial charge is 0.493 e. The second-order valence-corrected chi connectivity index (χ2v) is 8.39. The van der Waals surface area contributed by atoms with Crippen molar-refractivity contribution in [2.75, 3.05) is 12.4 Å². The molecule has 1 rings (SSSR count). The number of aliphatic carboxylic acids is 1. The van der Waals surface area contributed by atoms with E-state index in [-0.39, 0.29) is 12.4 Å². The molecule has 1 aromatic rings.